The van der Waals surface area contributed by atoms with Gasteiger partial charge in [0.25, 0.3) is 0 Å². The highest BCUT2D eigenvalue weighted by Crippen LogP contribution is 2.48. The van der Waals surface area contributed by atoms with E-state index in [1.165, 1.54) is 0 Å². The quantitative estimate of drug-likeness (QED) is 0.0849. The highest BCUT2D eigenvalue weighted by molar-refractivity contribution is 6.78. The van der Waals surface area contributed by atoms with E-state index in [9.17, 15) is 5.11 Å². The van der Waals surface area contributed by atoms with Crippen LogP contribution in [0.4, 0.5) is 0 Å². The lowest BCUT2D eigenvalue weighted by Gasteiger charge is -2.55. The number of fused-ring (bicyclic) bond motifs is 1. The molecule has 0 bridgehead atoms. The van der Waals surface area contributed by atoms with Crippen molar-refractivity contribution in [3.63, 3.8) is 0 Å². The summed E-state index contributed by atoms with van der Waals surface area (Å²) in [5, 5.41) is 9.71. The van der Waals surface area contributed by atoms with Gasteiger partial charge in [0.2, 0.25) is 8.32 Å². The Morgan fingerprint density at radius 3 is 1.86 bits per heavy atom. The van der Waals surface area contributed by atoms with Gasteiger partial charge in [0.1, 0.15) is 6.10 Å². The molecule has 6 nitrogen and oxygen atoms in total. The van der Waals surface area contributed by atoms with Crippen LogP contribution in [0.2, 0.25) is 33.2 Å². The second-order valence-corrected chi connectivity index (χ2v) is 26.7. The monoisotopic (exact) mass is 656 g/mol. The maximum absolute atomic E-state index is 9.71. The molecule has 260 valence electrons. The molecule has 0 aromatic carbocycles. The average Bonchev–Trinajstić information content (AvgIpc) is 2.92. The third-order valence-electron chi connectivity index (χ3n) is 11.2. The van der Waals surface area contributed by atoms with Crippen LogP contribution < -0.4 is 0 Å². The van der Waals surface area contributed by atoms with E-state index in [0.717, 1.165) is 38.7 Å². The molecule has 0 unspecified atom stereocenters. The number of hydrogen-bond acceptors (Lipinski definition) is 6. The summed E-state index contributed by atoms with van der Waals surface area (Å²) in [5.74, 6) is 0. The van der Waals surface area contributed by atoms with Gasteiger partial charge in [-0.1, -0.05) is 89.2 Å². The zero-order valence-corrected chi connectivity index (χ0v) is 33.0. The van der Waals surface area contributed by atoms with Crippen molar-refractivity contribution in [3.05, 3.63) is 12.7 Å². The Morgan fingerprint density at radius 2 is 1.39 bits per heavy atom. The molecule has 0 aliphatic carbocycles. The number of aliphatic hydroxyl groups is 1. The summed E-state index contributed by atoms with van der Waals surface area (Å²) in [5.41, 5.74) is 2.70. The van der Waals surface area contributed by atoms with E-state index in [0.29, 0.717) is 46.3 Å². The molecule has 2 aliphatic rings. The van der Waals surface area contributed by atoms with Crippen LogP contribution in [-0.2, 0) is 23.1 Å². The number of aliphatic hydroxyl groups excluding tert-OH is 1. The van der Waals surface area contributed by atoms with Gasteiger partial charge in [-0.2, -0.15) is 0 Å². The molecule has 6 atom stereocenters. The summed E-state index contributed by atoms with van der Waals surface area (Å²) < 4.78 is 34.8. The first-order chi connectivity index (χ1) is 20.5. The maximum atomic E-state index is 9.71. The summed E-state index contributed by atoms with van der Waals surface area (Å²) in [6.45, 7) is 35.7. The van der Waals surface area contributed by atoms with Crippen LogP contribution in [0.25, 0.3) is 0 Å². The van der Waals surface area contributed by atoms with E-state index in [4.69, 9.17) is 23.1 Å². The summed E-state index contributed by atoms with van der Waals surface area (Å²) in [6, 6.07) is 0. The molecule has 44 heavy (non-hydrogen) atoms. The Bertz CT molecular complexity index is 803. The summed E-state index contributed by atoms with van der Waals surface area (Å²) >= 11 is 0. The highest BCUT2D eigenvalue weighted by atomic mass is 28.4. The van der Waals surface area contributed by atoms with Gasteiger partial charge in [0.05, 0.1) is 36.6 Å². The van der Waals surface area contributed by atoms with Gasteiger partial charge in [-0.25, -0.2) is 0 Å². The predicted octanol–water partition coefficient (Wildman–Crippen LogP) is 9.57. The molecule has 0 aromatic rings. The van der Waals surface area contributed by atoms with E-state index in [2.05, 4.69) is 96.6 Å². The Morgan fingerprint density at radius 1 is 0.841 bits per heavy atom. The Kier molecular flexibility index (Phi) is 15.8. The third kappa shape index (κ3) is 8.88. The van der Waals surface area contributed by atoms with Crippen molar-refractivity contribution >= 4 is 16.6 Å². The fourth-order valence-corrected chi connectivity index (χ4v) is 20.4. The Hall–Kier alpha value is -0.0662. The minimum Gasteiger partial charge on any atom is -0.416 e. The molecule has 2 fully saturated rings. The van der Waals surface area contributed by atoms with E-state index in [-0.39, 0.29) is 37.1 Å². The van der Waals surface area contributed by atoms with Crippen LogP contribution in [0.3, 0.4) is 0 Å². The Balaban J connectivity index is 2.36. The van der Waals surface area contributed by atoms with Crippen LogP contribution in [-0.4, -0.2) is 77.7 Å². The minimum absolute atomic E-state index is 0.0252. The van der Waals surface area contributed by atoms with Crippen LogP contribution in [0.15, 0.2) is 12.7 Å². The first kappa shape index (κ1) is 40.1. The number of hydrogen-bond donors (Lipinski definition) is 1. The molecule has 0 saturated carbocycles. The highest BCUT2D eigenvalue weighted by Gasteiger charge is 2.55. The SMILES string of the molecule is C=CCO[C@H]1C[C@H]2O[C@H](CCCO[Si](C(C)C)(C(C)C)C(C)C)C[C@H](O[Si](C(C)C)(C(C)C)C(C)C)[C@@H]2O[C@]1(C)CCCO. The standard InChI is InChI=1S/C36H72O6Si2/c1-15-21-38-34-24-32-35(41-36(34,14)19-17-20-37)33(42-44(28(8)9,29(10)11)30(12)13)23-31(40-32)18-16-22-39-43(25(2)3,26(4)5)27(6)7/h15,25-35,37H,1,16-24H2,2-14H3/t31-,32-,33+,34+,35-,36-/m1/s1. The number of ether oxygens (including phenoxy) is 3. The van der Waals surface area contributed by atoms with Gasteiger partial charge in [-0.15, -0.1) is 6.58 Å². The van der Waals surface area contributed by atoms with Crippen LogP contribution in [0.1, 0.15) is 129 Å². The molecule has 0 aromatic heterocycles. The first-order valence-electron chi connectivity index (χ1n) is 18.0. The zero-order chi connectivity index (χ0) is 33.5. The van der Waals surface area contributed by atoms with Crippen molar-refractivity contribution < 1.29 is 28.2 Å². The van der Waals surface area contributed by atoms with E-state index >= 15 is 0 Å². The molecule has 2 saturated heterocycles. The molecule has 0 radical (unpaired) electrons. The lowest BCUT2D eigenvalue weighted by molar-refractivity contribution is -0.287. The van der Waals surface area contributed by atoms with Crippen molar-refractivity contribution in [1.29, 1.82) is 0 Å². The third-order valence-corrected chi connectivity index (χ3v) is 23.4. The fourth-order valence-electron chi connectivity index (χ4n) is 9.31. The van der Waals surface area contributed by atoms with E-state index in [1.807, 2.05) is 0 Å². The summed E-state index contributed by atoms with van der Waals surface area (Å²) in [7, 11) is -4.07. The second-order valence-electron chi connectivity index (χ2n) is 15.9. The van der Waals surface area contributed by atoms with Gasteiger partial charge in [0.15, 0.2) is 8.32 Å². The molecular formula is C36H72O6Si2. The van der Waals surface area contributed by atoms with Crippen molar-refractivity contribution in [1.82, 2.24) is 0 Å². The minimum atomic E-state index is -2.17. The fraction of sp³-hybridized carbons (Fsp3) is 0.944. The van der Waals surface area contributed by atoms with Gasteiger partial charge in [0, 0.05) is 26.1 Å². The van der Waals surface area contributed by atoms with Gasteiger partial charge in [-0.3, -0.25) is 0 Å². The molecule has 1 N–H and O–H groups in total. The van der Waals surface area contributed by atoms with Crippen molar-refractivity contribution in [2.75, 3.05) is 19.8 Å². The molecule has 0 spiro atoms. The van der Waals surface area contributed by atoms with Gasteiger partial charge < -0.3 is 28.2 Å². The molecule has 2 rings (SSSR count). The van der Waals surface area contributed by atoms with Crippen molar-refractivity contribution in [3.8, 4) is 0 Å². The molecule has 8 heteroatoms. The predicted molar refractivity (Wildman–Crippen MR) is 190 cm³/mol. The second kappa shape index (κ2) is 17.4. The average molecular weight is 657 g/mol. The lowest BCUT2D eigenvalue weighted by atomic mass is 9.81. The zero-order valence-electron chi connectivity index (χ0n) is 31.0. The topological polar surface area (TPSA) is 66.4 Å². The van der Waals surface area contributed by atoms with Crippen LogP contribution >= 0.6 is 0 Å². The summed E-state index contributed by atoms with van der Waals surface area (Å²) in [4.78, 5) is 0. The largest absolute Gasteiger partial charge is 0.416 e. The van der Waals surface area contributed by atoms with Gasteiger partial charge >= 0.3 is 0 Å². The maximum Gasteiger partial charge on any atom is 0.200 e. The van der Waals surface area contributed by atoms with E-state index < -0.39 is 22.2 Å². The van der Waals surface area contributed by atoms with Crippen LogP contribution in [0, 0.1) is 0 Å². The van der Waals surface area contributed by atoms with Crippen molar-refractivity contribution in [2.24, 2.45) is 0 Å². The Labute approximate surface area is 274 Å². The molecular weight excluding hydrogens is 585 g/mol. The molecule has 0 amide bonds. The van der Waals surface area contributed by atoms with Gasteiger partial charge in [-0.05, 0) is 65.9 Å². The normalized spacial score (nSPS) is 28.6. The molecule has 2 heterocycles. The molecule has 2 aliphatic heterocycles. The number of rotatable bonds is 19. The lowest BCUT2D eigenvalue weighted by Crippen LogP contribution is -2.65. The van der Waals surface area contributed by atoms with Crippen LogP contribution in [0.5, 0.6) is 0 Å². The smallest absolute Gasteiger partial charge is 0.200 e. The van der Waals surface area contributed by atoms with Crippen molar-refractivity contribution in [2.45, 2.75) is 198 Å². The van der Waals surface area contributed by atoms with E-state index in [1.54, 1.807) is 6.08 Å². The first-order valence-corrected chi connectivity index (χ1v) is 22.3. The summed E-state index contributed by atoms with van der Waals surface area (Å²) in [6.07, 6.45) is 6.46.